The van der Waals surface area contributed by atoms with Crippen LogP contribution in [0.4, 0.5) is 0 Å². The van der Waals surface area contributed by atoms with E-state index in [1.54, 1.807) is 12.1 Å². The molecular formula is C25H32N6O12. The molecule has 0 radical (unpaired) electrons. The summed E-state index contributed by atoms with van der Waals surface area (Å²) in [6, 6.07) is 0.412. The molecule has 2 aromatic rings. The maximum absolute atomic E-state index is 13.4. The normalized spacial score (nSPS) is 23.4. The topological polar surface area (TPSA) is 296 Å². The lowest BCUT2D eigenvalue weighted by Gasteiger charge is -2.30. The SMILES string of the molecule is CC(C(N)C(=O)NC(C(=O)NC(CCC(=O)O)C(=O)O)C1OC(n2ccc(=O)[nH]c2=O)C(O)C1O)C(O)c1ccccn1. The van der Waals surface area contributed by atoms with Crippen LogP contribution in [0.1, 0.15) is 37.8 Å². The Labute approximate surface area is 242 Å². The quantitative estimate of drug-likeness (QED) is 0.105. The molecule has 1 fully saturated rings. The highest BCUT2D eigenvalue weighted by Gasteiger charge is 2.50. The van der Waals surface area contributed by atoms with E-state index in [4.69, 9.17) is 15.6 Å². The fraction of sp³-hybridized carbons (Fsp3) is 0.480. The molecule has 0 aromatic carbocycles. The highest BCUT2D eigenvalue weighted by Crippen LogP contribution is 2.31. The third-order valence-electron chi connectivity index (χ3n) is 6.93. The fourth-order valence-electron chi connectivity index (χ4n) is 4.41. The molecule has 0 saturated carbocycles. The minimum absolute atomic E-state index is 0.196. The predicted octanol–water partition coefficient (Wildman–Crippen LogP) is -3.83. The number of H-pyrrole nitrogens is 1. The highest BCUT2D eigenvalue weighted by atomic mass is 16.6. The molecule has 43 heavy (non-hydrogen) atoms. The molecule has 9 unspecified atom stereocenters. The number of ether oxygens (including phenoxy) is 1. The number of aromatic amines is 1. The largest absolute Gasteiger partial charge is 0.481 e. The van der Waals surface area contributed by atoms with E-state index in [9.17, 15) is 49.2 Å². The Kier molecular flexibility index (Phi) is 10.8. The van der Waals surface area contributed by atoms with Crippen LogP contribution in [0.2, 0.25) is 0 Å². The summed E-state index contributed by atoms with van der Waals surface area (Å²) in [5.41, 5.74) is 4.46. The van der Waals surface area contributed by atoms with Gasteiger partial charge in [-0.3, -0.25) is 33.7 Å². The molecule has 2 amide bonds. The van der Waals surface area contributed by atoms with E-state index in [0.717, 1.165) is 16.8 Å². The van der Waals surface area contributed by atoms with Crippen molar-refractivity contribution >= 4 is 23.8 Å². The number of pyridine rings is 1. The van der Waals surface area contributed by atoms with E-state index < -0.39 is 103 Å². The van der Waals surface area contributed by atoms with Crippen molar-refractivity contribution in [3.63, 3.8) is 0 Å². The number of amides is 2. The number of rotatable bonds is 13. The first-order valence-corrected chi connectivity index (χ1v) is 13.0. The summed E-state index contributed by atoms with van der Waals surface area (Å²) in [5.74, 6) is -6.26. The van der Waals surface area contributed by atoms with Crippen LogP contribution in [0.25, 0.3) is 0 Å². The third-order valence-corrected chi connectivity index (χ3v) is 6.93. The molecule has 0 bridgehead atoms. The lowest BCUT2D eigenvalue weighted by atomic mass is 9.92. The number of carbonyl (C=O) groups excluding carboxylic acids is 2. The smallest absolute Gasteiger partial charge is 0.330 e. The second-order valence-electron chi connectivity index (χ2n) is 9.89. The number of aromatic nitrogens is 3. The summed E-state index contributed by atoms with van der Waals surface area (Å²) >= 11 is 0. The van der Waals surface area contributed by atoms with Crippen molar-refractivity contribution in [1.29, 1.82) is 0 Å². The molecule has 234 valence electrons. The Bertz CT molecular complexity index is 1430. The van der Waals surface area contributed by atoms with Crippen LogP contribution in [0.5, 0.6) is 0 Å². The lowest BCUT2D eigenvalue weighted by Crippen LogP contribution is -2.61. The van der Waals surface area contributed by atoms with Crippen LogP contribution < -0.4 is 27.6 Å². The molecule has 1 aliphatic heterocycles. The van der Waals surface area contributed by atoms with Crippen LogP contribution in [-0.4, -0.2) is 100 Å². The molecule has 2 aromatic heterocycles. The van der Waals surface area contributed by atoms with Gasteiger partial charge in [-0.1, -0.05) is 13.0 Å². The summed E-state index contributed by atoms with van der Waals surface area (Å²) < 4.78 is 6.32. The van der Waals surface area contributed by atoms with Crippen molar-refractivity contribution in [2.24, 2.45) is 11.7 Å². The zero-order valence-corrected chi connectivity index (χ0v) is 22.6. The number of carbonyl (C=O) groups is 4. The van der Waals surface area contributed by atoms with E-state index in [-0.39, 0.29) is 5.69 Å². The van der Waals surface area contributed by atoms with E-state index >= 15 is 0 Å². The van der Waals surface area contributed by atoms with E-state index in [1.165, 1.54) is 19.2 Å². The van der Waals surface area contributed by atoms with Gasteiger partial charge >= 0.3 is 17.6 Å². The maximum atomic E-state index is 13.4. The number of hydrogen-bond acceptors (Lipinski definition) is 12. The van der Waals surface area contributed by atoms with Gasteiger partial charge in [0.25, 0.3) is 5.56 Å². The molecular weight excluding hydrogens is 576 g/mol. The molecule has 3 rings (SSSR count). The average Bonchev–Trinajstić information content (AvgIpc) is 3.25. The Hall–Kier alpha value is -4.49. The van der Waals surface area contributed by atoms with Crippen LogP contribution >= 0.6 is 0 Å². The molecule has 0 spiro atoms. The lowest BCUT2D eigenvalue weighted by molar-refractivity contribution is -0.145. The monoisotopic (exact) mass is 608 g/mol. The van der Waals surface area contributed by atoms with Crippen molar-refractivity contribution in [2.75, 3.05) is 0 Å². The number of carboxylic acid groups (broad SMARTS) is 2. The maximum Gasteiger partial charge on any atom is 0.330 e. The van der Waals surface area contributed by atoms with Gasteiger partial charge in [0, 0.05) is 30.8 Å². The Morgan fingerprint density at radius 2 is 1.79 bits per heavy atom. The molecule has 3 heterocycles. The first kappa shape index (κ1) is 33.0. The van der Waals surface area contributed by atoms with Crippen molar-refractivity contribution in [1.82, 2.24) is 25.2 Å². The molecule has 18 nitrogen and oxygen atoms in total. The predicted molar refractivity (Wildman–Crippen MR) is 142 cm³/mol. The van der Waals surface area contributed by atoms with Gasteiger partial charge in [-0.25, -0.2) is 9.59 Å². The number of hydrogen-bond donors (Lipinski definition) is 9. The number of aliphatic hydroxyl groups is 3. The van der Waals surface area contributed by atoms with E-state index in [0.29, 0.717) is 0 Å². The number of nitrogens with two attached hydrogens (primary N) is 1. The Morgan fingerprint density at radius 1 is 1.09 bits per heavy atom. The molecule has 9 atom stereocenters. The van der Waals surface area contributed by atoms with Crippen LogP contribution in [-0.2, 0) is 23.9 Å². The number of carboxylic acids is 2. The highest BCUT2D eigenvalue weighted by molar-refractivity contribution is 5.92. The summed E-state index contributed by atoms with van der Waals surface area (Å²) in [6.45, 7) is 1.42. The summed E-state index contributed by atoms with van der Waals surface area (Å²) in [4.78, 5) is 78.9. The van der Waals surface area contributed by atoms with Crippen LogP contribution in [0.15, 0.2) is 46.2 Å². The number of nitrogens with one attached hydrogen (secondary N) is 3. The zero-order valence-electron chi connectivity index (χ0n) is 22.6. The third kappa shape index (κ3) is 7.87. The zero-order chi connectivity index (χ0) is 32.0. The van der Waals surface area contributed by atoms with Gasteiger partial charge in [0.15, 0.2) is 6.23 Å². The standard InChI is InChI=1S/C25H32N6O12/c1-10(17(35)11-4-2-3-8-27-11)15(26)21(38)30-16(22(39)28-12(24(40)41)5-6-14(33)34)20-18(36)19(37)23(43-20)31-9-7-13(32)29-25(31)42/h2-4,7-10,12,15-20,23,35-37H,5-6,26H2,1H3,(H,28,39)(H,30,38)(H,33,34)(H,40,41)(H,29,32,42). The second-order valence-corrected chi connectivity index (χ2v) is 9.89. The Balaban J connectivity index is 1.91. The van der Waals surface area contributed by atoms with Crippen LogP contribution in [0, 0.1) is 5.92 Å². The van der Waals surface area contributed by atoms with Gasteiger partial charge in [0.05, 0.1) is 11.7 Å². The summed E-state index contributed by atoms with van der Waals surface area (Å²) in [5, 5.41) is 54.9. The molecule has 1 saturated heterocycles. The van der Waals surface area contributed by atoms with Crippen molar-refractivity contribution in [3.05, 3.63) is 63.2 Å². The van der Waals surface area contributed by atoms with Crippen molar-refractivity contribution in [3.8, 4) is 0 Å². The second kappa shape index (κ2) is 14.1. The van der Waals surface area contributed by atoms with Gasteiger partial charge in [-0.15, -0.1) is 0 Å². The molecule has 10 N–H and O–H groups in total. The summed E-state index contributed by atoms with van der Waals surface area (Å²) in [7, 11) is 0. The molecule has 0 aliphatic carbocycles. The Morgan fingerprint density at radius 3 is 2.37 bits per heavy atom. The van der Waals surface area contributed by atoms with E-state index in [1.807, 2.05) is 4.98 Å². The number of aliphatic carboxylic acids is 2. The summed E-state index contributed by atoms with van der Waals surface area (Å²) in [6.07, 6.45) is -7.48. The van der Waals surface area contributed by atoms with Crippen molar-refractivity contribution < 1.29 is 49.4 Å². The minimum atomic E-state index is -1.96. The fourth-order valence-corrected chi connectivity index (χ4v) is 4.41. The molecule has 18 heteroatoms. The van der Waals surface area contributed by atoms with E-state index in [2.05, 4.69) is 15.6 Å². The average molecular weight is 609 g/mol. The first-order chi connectivity index (χ1) is 20.2. The molecule has 1 aliphatic rings. The van der Waals surface area contributed by atoms with Gasteiger partial charge in [0.1, 0.15) is 36.5 Å². The van der Waals surface area contributed by atoms with Gasteiger partial charge < -0.3 is 46.6 Å². The van der Waals surface area contributed by atoms with Crippen LogP contribution in [0.3, 0.4) is 0 Å². The number of aliphatic hydroxyl groups excluding tert-OH is 3. The first-order valence-electron chi connectivity index (χ1n) is 13.0. The van der Waals surface area contributed by atoms with Gasteiger partial charge in [-0.2, -0.15) is 0 Å². The minimum Gasteiger partial charge on any atom is -0.481 e. The number of nitrogens with zero attached hydrogens (tertiary/aromatic N) is 2. The van der Waals surface area contributed by atoms with Crippen molar-refractivity contribution in [2.45, 2.75) is 68.5 Å². The van der Waals surface area contributed by atoms with Gasteiger partial charge in [0.2, 0.25) is 11.8 Å². The van der Waals surface area contributed by atoms with Gasteiger partial charge in [-0.05, 0) is 18.6 Å².